The smallest absolute Gasteiger partial charge is 0.171 e. The predicted octanol–water partition coefficient (Wildman–Crippen LogP) is 1.09. The third kappa shape index (κ3) is 2.59. The van der Waals surface area contributed by atoms with Crippen LogP contribution < -0.4 is 5.73 Å². The zero-order valence-electron chi connectivity index (χ0n) is 7.20. The highest BCUT2D eigenvalue weighted by molar-refractivity contribution is 6.16. The molecule has 0 aromatic carbocycles. The molecule has 0 aliphatic heterocycles. The van der Waals surface area contributed by atoms with Gasteiger partial charge in [-0.1, -0.05) is 5.16 Å². The second kappa shape index (κ2) is 4.67. The Labute approximate surface area is 81.4 Å². The van der Waals surface area contributed by atoms with Crippen molar-refractivity contribution in [1.29, 1.82) is 0 Å². The minimum absolute atomic E-state index is 0.302. The van der Waals surface area contributed by atoms with E-state index in [-0.39, 0.29) is 0 Å². The summed E-state index contributed by atoms with van der Waals surface area (Å²) in [5.41, 5.74) is 7.07. The van der Waals surface area contributed by atoms with Crippen molar-refractivity contribution in [3.8, 4) is 0 Å². The Kier molecular flexibility index (Phi) is 3.52. The lowest BCUT2D eigenvalue weighted by atomic mass is 10.2. The Morgan fingerprint density at radius 2 is 2.46 bits per heavy atom. The van der Waals surface area contributed by atoms with E-state index in [1.807, 2.05) is 0 Å². The standard InChI is InChI=1S/C8H10ClN3O/c1-13-12-8(10)6-2-3-7(4-9)11-5-6/h2-3,5H,4H2,1H3,(H2,10,12). The minimum Gasteiger partial charge on any atom is -0.397 e. The number of nitrogens with zero attached hydrogens (tertiary/aromatic N) is 2. The summed E-state index contributed by atoms with van der Waals surface area (Å²) >= 11 is 5.57. The SMILES string of the molecule is CON=C(N)c1ccc(CCl)nc1. The topological polar surface area (TPSA) is 60.5 Å². The molecule has 0 aliphatic rings. The summed E-state index contributed by atoms with van der Waals surface area (Å²) in [4.78, 5) is 8.58. The Morgan fingerprint density at radius 1 is 1.69 bits per heavy atom. The minimum atomic E-state index is 0.302. The van der Waals surface area contributed by atoms with Gasteiger partial charge in [0.2, 0.25) is 0 Å². The van der Waals surface area contributed by atoms with E-state index in [0.717, 1.165) is 11.3 Å². The molecule has 1 heterocycles. The molecule has 0 amide bonds. The number of halogens is 1. The molecule has 1 aromatic rings. The van der Waals surface area contributed by atoms with E-state index >= 15 is 0 Å². The third-order valence-corrected chi connectivity index (χ3v) is 1.72. The van der Waals surface area contributed by atoms with Crippen molar-refractivity contribution < 1.29 is 4.84 Å². The summed E-state index contributed by atoms with van der Waals surface area (Å²) in [6.45, 7) is 0. The van der Waals surface area contributed by atoms with Gasteiger partial charge in [-0.3, -0.25) is 4.98 Å². The molecule has 0 unspecified atom stereocenters. The Morgan fingerprint density at radius 3 is 2.92 bits per heavy atom. The molecule has 0 bridgehead atoms. The summed E-state index contributed by atoms with van der Waals surface area (Å²) in [6.07, 6.45) is 1.61. The lowest BCUT2D eigenvalue weighted by Gasteiger charge is -1.99. The highest BCUT2D eigenvalue weighted by Gasteiger charge is 1.99. The largest absolute Gasteiger partial charge is 0.397 e. The maximum atomic E-state index is 5.57. The van der Waals surface area contributed by atoms with Crippen LogP contribution in [0.25, 0.3) is 0 Å². The lowest BCUT2D eigenvalue weighted by Crippen LogP contribution is -2.13. The predicted molar refractivity (Wildman–Crippen MR) is 51.5 cm³/mol. The summed E-state index contributed by atoms with van der Waals surface area (Å²) in [5.74, 6) is 0.692. The zero-order valence-corrected chi connectivity index (χ0v) is 7.95. The Hall–Kier alpha value is -1.29. The van der Waals surface area contributed by atoms with Crippen LogP contribution in [0.4, 0.5) is 0 Å². The second-order valence-corrected chi connectivity index (χ2v) is 2.60. The average Bonchev–Trinajstić information content (AvgIpc) is 2.18. The first-order valence-electron chi connectivity index (χ1n) is 3.66. The van der Waals surface area contributed by atoms with Crippen molar-refractivity contribution in [3.63, 3.8) is 0 Å². The fourth-order valence-corrected chi connectivity index (χ4v) is 0.964. The monoisotopic (exact) mass is 199 g/mol. The molecule has 0 radical (unpaired) electrons. The van der Waals surface area contributed by atoms with Crippen molar-refractivity contribution in [2.75, 3.05) is 7.11 Å². The molecule has 70 valence electrons. The van der Waals surface area contributed by atoms with Gasteiger partial charge in [0.25, 0.3) is 0 Å². The molecule has 0 atom stereocenters. The van der Waals surface area contributed by atoms with Crippen molar-refractivity contribution >= 4 is 17.4 Å². The average molecular weight is 200 g/mol. The van der Waals surface area contributed by atoms with Crippen LogP contribution in [0.1, 0.15) is 11.3 Å². The van der Waals surface area contributed by atoms with E-state index in [2.05, 4.69) is 15.0 Å². The van der Waals surface area contributed by atoms with E-state index < -0.39 is 0 Å². The first-order valence-corrected chi connectivity index (χ1v) is 4.19. The maximum absolute atomic E-state index is 5.57. The van der Waals surface area contributed by atoms with Gasteiger partial charge in [0.1, 0.15) is 7.11 Å². The van der Waals surface area contributed by atoms with Crippen LogP contribution in [-0.2, 0) is 10.7 Å². The van der Waals surface area contributed by atoms with E-state index in [0.29, 0.717) is 11.7 Å². The fourth-order valence-electron chi connectivity index (χ4n) is 0.806. The van der Waals surface area contributed by atoms with Crippen LogP contribution in [0.5, 0.6) is 0 Å². The first kappa shape index (κ1) is 9.80. The van der Waals surface area contributed by atoms with Crippen molar-refractivity contribution in [2.45, 2.75) is 5.88 Å². The molecule has 0 saturated heterocycles. The van der Waals surface area contributed by atoms with Gasteiger partial charge >= 0.3 is 0 Å². The zero-order chi connectivity index (χ0) is 9.68. The first-order chi connectivity index (χ1) is 6.27. The van der Waals surface area contributed by atoms with Gasteiger partial charge in [-0.15, -0.1) is 11.6 Å². The van der Waals surface area contributed by atoms with Crippen molar-refractivity contribution in [3.05, 3.63) is 29.6 Å². The number of hydrogen-bond acceptors (Lipinski definition) is 3. The molecule has 0 aliphatic carbocycles. The van der Waals surface area contributed by atoms with Crippen LogP contribution >= 0.6 is 11.6 Å². The normalized spacial score (nSPS) is 11.4. The van der Waals surface area contributed by atoms with E-state index in [9.17, 15) is 0 Å². The number of aromatic nitrogens is 1. The van der Waals surface area contributed by atoms with Gasteiger partial charge in [-0.25, -0.2) is 0 Å². The van der Waals surface area contributed by atoms with E-state index in [4.69, 9.17) is 17.3 Å². The molecule has 4 nitrogen and oxygen atoms in total. The van der Waals surface area contributed by atoms with Gasteiger partial charge in [0.05, 0.1) is 11.6 Å². The van der Waals surface area contributed by atoms with Gasteiger partial charge in [-0.05, 0) is 12.1 Å². The number of alkyl halides is 1. The highest BCUT2D eigenvalue weighted by Crippen LogP contribution is 2.02. The summed E-state index contributed by atoms with van der Waals surface area (Å²) in [6, 6.07) is 3.59. The highest BCUT2D eigenvalue weighted by atomic mass is 35.5. The van der Waals surface area contributed by atoms with Crippen molar-refractivity contribution in [2.24, 2.45) is 10.9 Å². The Bertz CT molecular complexity index is 297. The molecule has 13 heavy (non-hydrogen) atoms. The van der Waals surface area contributed by atoms with Crippen LogP contribution in [0.3, 0.4) is 0 Å². The lowest BCUT2D eigenvalue weighted by molar-refractivity contribution is 0.213. The molecular weight excluding hydrogens is 190 g/mol. The molecule has 2 N–H and O–H groups in total. The van der Waals surface area contributed by atoms with E-state index in [1.54, 1.807) is 18.3 Å². The number of rotatable bonds is 3. The fraction of sp³-hybridized carbons (Fsp3) is 0.250. The number of oxime groups is 1. The van der Waals surface area contributed by atoms with Crippen molar-refractivity contribution in [1.82, 2.24) is 4.98 Å². The summed E-state index contributed by atoms with van der Waals surface area (Å²) < 4.78 is 0. The van der Waals surface area contributed by atoms with Crippen LogP contribution in [-0.4, -0.2) is 17.9 Å². The van der Waals surface area contributed by atoms with Gasteiger partial charge < -0.3 is 10.6 Å². The quantitative estimate of drug-likeness (QED) is 0.343. The number of nitrogens with two attached hydrogens (primary N) is 1. The number of hydrogen-bond donors (Lipinski definition) is 1. The van der Waals surface area contributed by atoms with Crippen LogP contribution in [0, 0.1) is 0 Å². The van der Waals surface area contributed by atoms with E-state index in [1.165, 1.54) is 7.11 Å². The molecule has 1 aromatic heterocycles. The molecule has 1 rings (SSSR count). The second-order valence-electron chi connectivity index (χ2n) is 2.33. The third-order valence-electron chi connectivity index (χ3n) is 1.45. The summed E-state index contributed by atoms with van der Waals surface area (Å²) in [5, 5.41) is 3.57. The molecule has 0 saturated carbocycles. The number of pyridine rings is 1. The van der Waals surface area contributed by atoms with Crippen LogP contribution in [0.15, 0.2) is 23.5 Å². The molecule has 0 fully saturated rings. The number of amidine groups is 1. The molecular formula is C8H10ClN3O. The van der Waals surface area contributed by atoms with Gasteiger partial charge in [0.15, 0.2) is 5.84 Å². The Balaban J connectivity index is 2.85. The van der Waals surface area contributed by atoms with Gasteiger partial charge in [0, 0.05) is 11.8 Å². The van der Waals surface area contributed by atoms with Gasteiger partial charge in [-0.2, -0.15) is 0 Å². The maximum Gasteiger partial charge on any atom is 0.171 e. The van der Waals surface area contributed by atoms with Crippen LogP contribution in [0.2, 0.25) is 0 Å². The molecule has 0 spiro atoms. The molecule has 5 heteroatoms. The summed E-state index contributed by atoms with van der Waals surface area (Å²) in [7, 11) is 1.44.